The van der Waals surface area contributed by atoms with Crippen molar-refractivity contribution in [3.63, 3.8) is 0 Å². The van der Waals surface area contributed by atoms with Gasteiger partial charge in [0.1, 0.15) is 0 Å². The molecule has 51 heavy (non-hydrogen) atoms. The van der Waals surface area contributed by atoms with E-state index in [1.807, 2.05) is 0 Å². The first kappa shape index (κ1) is 45.2. The van der Waals surface area contributed by atoms with Crippen LogP contribution >= 0.6 is 0 Å². The summed E-state index contributed by atoms with van der Waals surface area (Å²) in [6.07, 6.45) is 3.60. The van der Waals surface area contributed by atoms with Crippen molar-refractivity contribution >= 4 is 40.2 Å². The monoisotopic (exact) mass is 826 g/mol. The molecule has 5 heteroatoms. The molecule has 0 radical (unpaired) electrons. The van der Waals surface area contributed by atoms with E-state index >= 15 is 0 Å². The van der Waals surface area contributed by atoms with Crippen LogP contribution in [0.5, 0.6) is 0 Å². The molecule has 0 nitrogen and oxygen atoms in total. The molecule has 0 fully saturated rings. The minimum Gasteiger partial charge on any atom is -1.00 e. The first-order valence-electron chi connectivity index (χ1n) is 18.2. The minimum atomic E-state index is -1.21. The molecule has 0 N–H and O–H groups in total. The second-order valence-corrected chi connectivity index (χ2v) is 30.4. The molecular weight excluding hydrogens is 771 g/mol. The fourth-order valence-corrected chi connectivity index (χ4v) is 7.61. The van der Waals surface area contributed by atoms with Gasteiger partial charge in [0.2, 0.25) is 0 Å². The smallest absolute Gasteiger partial charge is 1.00 e. The maximum Gasteiger partial charge on any atom is -1.00 e. The Kier molecular flexibility index (Phi) is 17.6. The summed E-state index contributed by atoms with van der Waals surface area (Å²) < 4.78 is 0. The molecule has 1 atom stereocenters. The molecular formula is C46H58Cl2Si2Zr-2. The zero-order valence-electron chi connectivity index (χ0n) is 32.8. The summed E-state index contributed by atoms with van der Waals surface area (Å²) in [6.45, 7) is 25.4. The Morgan fingerprint density at radius 1 is 0.706 bits per heavy atom. The average Bonchev–Trinajstić information content (AvgIpc) is 3.69. The summed E-state index contributed by atoms with van der Waals surface area (Å²) in [5, 5.41) is 7.02. The third-order valence-corrected chi connectivity index (χ3v) is 11.5. The molecule has 0 aliphatic rings. The van der Waals surface area contributed by atoms with Crippen molar-refractivity contribution in [3.8, 4) is 22.3 Å². The van der Waals surface area contributed by atoms with Crippen molar-refractivity contribution in [1.82, 2.24) is 0 Å². The van der Waals surface area contributed by atoms with Crippen LogP contribution in [-0.4, -0.2) is 13.5 Å². The number of halogens is 2. The van der Waals surface area contributed by atoms with Crippen LogP contribution in [0.1, 0.15) is 77.0 Å². The van der Waals surface area contributed by atoms with Gasteiger partial charge >= 0.3 is 41.9 Å². The molecule has 0 aromatic heterocycles. The van der Waals surface area contributed by atoms with Gasteiger partial charge in [-0.15, -0.1) is 69.1 Å². The molecule has 1 unspecified atom stereocenters. The quantitative estimate of drug-likeness (QED) is 0.115. The SMILES string of the molecule is CCCC(C)c1cc2c(-c3ccc(C(C)(C)C)cc3)cccc2[cH-]1.CCc1cc2c(-c3ccc([Si](C)(C)C)cc3)cccc2[cH-]1.C[Si](C)=[Zr+2].[Cl-].[Cl-]. The van der Waals surface area contributed by atoms with E-state index in [1.165, 1.54) is 78.5 Å². The molecule has 0 heterocycles. The van der Waals surface area contributed by atoms with Crippen molar-refractivity contribution in [2.24, 2.45) is 0 Å². The van der Waals surface area contributed by atoms with Crippen LogP contribution in [0.15, 0.2) is 109 Å². The Hall–Kier alpha value is -2.00. The largest absolute Gasteiger partial charge is 1.00 e. The van der Waals surface area contributed by atoms with Gasteiger partial charge in [0, 0.05) is 0 Å². The summed E-state index contributed by atoms with van der Waals surface area (Å²) in [5.74, 6) is 0.638. The van der Waals surface area contributed by atoms with E-state index < -0.39 is 8.07 Å². The van der Waals surface area contributed by atoms with E-state index in [1.54, 1.807) is 23.3 Å². The Balaban J connectivity index is 0.000000311. The number of rotatable bonds is 7. The number of aryl methyl sites for hydroxylation is 1. The predicted octanol–water partition coefficient (Wildman–Crippen LogP) is 7.55. The first-order chi connectivity index (χ1) is 23.1. The molecule has 6 aromatic carbocycles. The standard InChI is InChI=1S/C24H29.C20H23Si.C2H6Si.2ClH.Zr/c1-6-8-17(2)20-15-19-9-7-10-22(23(19)16-20)18-11-13-21(14-12-18)24(3,4)5;1-5-15-13-17-7-6-8-19(20(17)14-15)16-9-11-18(12-10-16)21(2,3)4;1-3-2;;;/h7,9-17H,6,8H2,1-5H3;6-14H,5H2,1-4H3;1-2H3;2*1H;/q2*-1;;;;+2/p-2. The maximum atomic E-state index is 2.41. The van der Waals surface area contributed by atoms with Crippen LogP contribution in [0.3, 0.4) is 0 Å². The third kappa shape index (κ3) is 12.3. The average molecular weight is 829 g/mol. The second kappa shape index (κ2) is 19.9. The van der Waals surface area contributed by atoms with E-state index in [0.29, 0.717) is 5.92 Å². The number of benzene rings is 4. The van der Waals surface area contributed by atoms with Gasteiger partial charge in [-0.05, 0) is 40.9 Å². The first-order valence-corrected chi connectivity index (χ1v) is 27.9. The zero-order valence-corrected chi connectivity index (χ0v) is 38.8. The van der Waals surface area contributed by atoms with Gasteiger partial charge in [0.05, 0.1) is 8.07 Å². The molecule has 270 valence electrons. The van der Waals surface area contributed by atoms with Gasteiger partial charge in [-0.2, -0.15) is 12.1 Å². The van der Waals surface area contributed by atoms with Crippen molar-refractivity contribution in [2.75, 3.05) is 0 Å². The summed E-state index contributed by atoms with van der Waals surface area (Å²) in [7, 11) is -1.21. The Bertz CT molecular complexity index is 1960. The number of hydrogen-bond donors (Lipinski definition) is 0. The van der Waals surface area contributed by atoms with Crippen LogP contribution in [0.25, 0.3) is 43.8 Å². The van der Waals surface area contributed by atoms with Crippen molar-refractivity contribution < 1.29 is 48.1 Å². The van der Waals surface area contributed by atoms with E-state index in [2.05, 4.69) is 183 Å². The summed E-state index contributed by atoms with van der Waals surface area (Å²) in [6, 6.07) is 41.1. The minimum absolute atomic E-state index is 0. The number of fused-ring (bicyclic) bond motifs is 2. The van der Waals surface area contributed by atoms with Crippen LogP contribution in [0, 0.1) is 0 Å². The second-order valence-electron chi connectivity index (χ2n) is 16.0. The topological polar surface area (TPSA) is 0 Å². The van der Waals surface area contributed by atoms with E-state index in [0.717, 1.165) is 6.42 Å². The predicted molar refractivity (Wildman–Crippen MR) is 222 cm³/mol. The van der Waals surface area contributed by atoms with Gasteiger partial charge in [-0.3, -0.25) is 0 Å². The van der Waals surface area contributed by atoms with Crippen LogP contribution in [0.2, 0.25) is 32.7 Å². The fourth-order valence-electron chi connectivity index (χ4n) is 6.45. The van der Waals surface area contributed by atoms with Crippen LogP contribution in [0.4, 0.5) is 0 Å². The van der Waals surface area contributed by atoms with E-state index in [4.69, 9.17) is 0 Å². The maximum absolute atomic E-state index is 2.41. The fraction of sp³-hybridized carbons (Fsp3) is 0.348. The van der Waals surface area contributed by atoms with E-state index in [9.17, 15) is 0 Å². The normalized spacial score (nSPS) is 11.8. The molecule has 0 saturated heterocycles. The van der Waals surface area contributed by atoms with Gasteiger partial charge < -0.3 is 24.8 Å². The summed E-state index contributed by atoms with van der Waals surface area (Å²) >= 11 is 1.74. The summed E-state index contributed by atoms with van der Waals surface area (Å²) in [5.41, 5.74) is 10.1. The van der Waals surface area contributed by atoms with Crippen LogP contribution in [-0.2, 0) is 35.2 Å². The van der Waals surface area contributed by atoms with Crippen molar-refractivity contribution in [1.29, 1.82) is 0 Å². The molecule has 6 aromatic rings. The molecule has 0 bridgehead atoms. The Morgan fingerprint density at radius 2 is 1.18 bits per heavy atom. The Labute approximate surface area is 338 Å². The van der Waals surface area contributed by atoms with Gasteiger partial charge in [0.15, 0.2) is 0 Å². The molecule has 0 aliphatic carbocycles. The molecule has 0 amide bonds. The van der Waals surface area contributed by atoms with Crippen LogP contribution < -0.4 is 30.0 Å². The molecule has 0 aliphatic heterocycles. The van der Waals surface area contributed by atoms with Gasteiger partial charge in [-0.25, -0.2) is 0 Å². The molecule has 0 saturated carbocycles. The molecule has 0 spiro atoms. The zero-order chi connectivity index (χ0) is 35.9. The summed E-state index contributed by atoms with van der Waals surface area (Å²) in [4.78, 5) is 0. The van der Waals surface area contributed by atoms with E-state index in [-0.39, 0.29) is 35.7 Å². The van der Waals surface area contributed by atoms with Crippen molar-refractivity contribution in [2.45, 2.75) is 105 Å². The molecule has 6 rings (SSSR count). The van der Waals surface area contributed by atoms with Gasteiger partial charge in [-0.1, -0.05) is 145 Å². The number of hydrogen-bond acceptors (Lipinski definition) is 0. The van der Waals surface area contributed by atoms with Crippen molar-refractivity contribution in [3.05, 3.63) is 126 Å². The Morgan fingerprint density at radius 3 is 1.63 bits per heavy atom. The van der Waals surface area contributed by atoms with Gasteiger partial charge in [0.25, 0.3) is 0 Å². The third-order valence-electron chi connectivity index (χ3n) is 9.41.